The molecule has 1 saturated heterocycles. The summed E-state index contributed by atoms with van der Waals surface area (Å²) in [6.07, 6.45) is 0.718. The summed E-state index contributed by atoms with van der Waals surface area (Å²) in [7, 11) is 2.00. The number of nitrogens with two attached hydrogens (primary N) is 1. The average molecular weight is 392 g/mol. The van der Waals surface area contributed by atoms with E-state index in [4.69, 9.17) is 30.6 Å². The minimum absolute atomic E-state index is 0.00574. The first-order chi connectivity index (χ1) is 12.9. The van der Waals surface area contributed by atoms with Crippen molar-refractivity contribution in [2.24, 2.45) is 5.73 Å². The monoisotopic (exact) mass is 392 g/mol. The van der Waals surface area contributed by atoms with Gasteiger partial charge in [0.05, 0.1) is 12.2 Å². The van der Waals surface area contributed by atoms with Crippen LogP contribution in [0.4, 0.5) is 5.82 Å². The first-order valence-electron chi connectivity index (χ1n) is 8.07. The van der Waals surface area contributed by atoms with Crippen molar-refractivity contribution in [3.63, 3.8) is 0 Å². The highest BCUT2D eigenvalue weighted by Crippen LogP contribution is 2.27. The standard InChI is InChI=1S/C13H20N4O6.2CH4O/c1-7(18)11(14)12(19)22-6-8-2-3-10(23-8)17-5-4-9(16-21)15-13(17)20;2*1-2/h4-5,7-8,10-11,18,21H,2-3,6,14H2,1H3,(H,15,16,20);2*2H,1H3. The summed E-state index contributed by atoms with van der Waals surface area (Å²) >= 11 is 0. The van der Waals surface area contributed by atoms with Gasteiger partial charge in [-0.3, -0.25) is 20.0 Å². The third-order valence-corrected chi connectivity index (χ3v) is 3.54. The van der Waals surface area contributed by atoms with Crippen LogP contribution in [0.2, 0.25) is 0 Å². The zero-order valence-corrected chi connectivity index (χ0v) is 15.5. The molecular formula is C15H28N4O8. The number of carbonyl (C=O) groups is 1. The van der Waals surface area contributed by atoms with E-state index in [1.807, 2.05) is 0 Å². The van der Waals surface area contributed by atoms with Crippen LogP contribution < -0.4 is 16.9 Å². The van der Waals surface area contributed by atoms with Crippen LogP contribution in [0.25, 0.3) is 0 Å². The van der Waals surface area contributed by atoms with Crippen LogP contribution >= 0.6 is 0 Å². The van der Waals surface area contributed by atoms with Crippen molar-refractivity contribution in [3.05, 3.63) is 22.7 Å². The number of esters is 1. The molecular weight excluding hydrogens is 364 g/mol. The van der Waals surface area contributed by atoms with Crippen molar-refractivity contribution in [1.82, 2.24) is 9.55 Å². The maximum absolute atomic E-state index is 11.8. The van der Waals surface area contributed by atoms with Gasteiger partial charge in [0.2, 0.25) is 0 Å². The van der Waals surface area contributed by atoms with Gasteiger partial charge in [0.25, 0.3) is 0 Å². The molecule has 0 saturated carbocycles. The summed E-state index contributed by atoms with van der Waals surface area (Å²) < 4.78 is 12.0. The topological polar surface area (TPSA) is 189 Å². The van der Waals surface area contributed by atoms with Gasteiger partial charge in [-0.1, -0.05) is 0 Å². The Hall–Kier alpha value is -2.09. The lowest BCUT2D eigenvalue weighted by molar-refractivity contribution is -0.152. The molecule has 7 N–H and O–H groups in total. The van der Waals surface area contributed by atoms with Crippen molar-refractivity contribution in [2.45, 2.75) is 44.2 Å². The molecule has 156 valence electrons. The Morgan fingerprint density at radius 3 is 2.59 bits per heavy atom. The summed E-state index contributed by atoms with van der Waals surface area (Å²) in [5, 5.41) is 31.9. The second-order valence-electron chi connectivity index (χ2n) is 5.30. The zero-order chi connectivity index (χ0) is 21.0. The van der Waals surface area contributed by atoms with Crippen molar-refractivity contribution in [2.75, 3.05) is 26.3 Å². The molecule has 0 aromatic carbocycles. The Balaban J connectivity index is 0.00000158. The SMILES string of the molecule is CC(O)C(N)C(=O)OCC1CCC(n2ccc(NO)nc2=O)O1.CO.CO. The zero-order valence-electron chi connectivity index (χ0n) is 15.5. The molecule has 0 aliphatic carbocycles. The molecule has 2 rings (SSSR count). The molecule has 4 atom stereocenters. The second kappa shape index (κ2) is 13.1. The van der Waals surface area contributed by atoms with Gasteiger partial charge >= 0.3 is 11.7 Å². The van der Waals surface area contributed by atoms with Crippen LogP contribution in [0.5, 0.6) is 0 Å². The van der Waals surface area contributed by atoms with Crippen LogP contribution in [-0.4, -0.2) is 75.1 Å². The largest absolute Gasteiger partial charge is 0.462 e. The maximum atomic E-state index is 11.8. The predicted octanol–water partition coefficient (Wildman–Crippen LogP) is -1.81. The quantitative estimate of drug-likeness (QED) is 0.236. The number of ether oxygens (including phenoxy) is 2. The first kappa shape index (κ1) is 24.9. The van der Waals surface area contributed by atoms with E-state index >= 15 is 0 Å². The summed E-state index contributed by atoms with van der Waals surface area (Å²) in [6.45, 7) is 1.40. The molecule has 12 heteroatoms. The predicted molar refractivity (Wildman–Crippen MR) is 94.0 cm³/mol. The van der Waals surface area contributed by atoms with Crippen molar-refractivity contribution in [1.29, 1.82) is 0 Å². The van der Waals surface area contributed by atoms with Crippen molar-refractivity contribution in [3.8, 4) is 0 Å². The minimum Gasteiger partial charge on any atom is -0.462 e. The van der Waals surface area contributed by atoms with Crippen LogP contribution in [0.3, 0.4) is 0 Å². The molecule has 0 spiro atoms. The van der Waals surface area contributed by atoms with Gasteiger partial charge < -0.3 is 30.5 Å². The lowest BCUT2D eigenvalue weighted by atomic mass is 10.2. The Morgan fingerprint density at radius 2 is 2.07 bits per heavy atom. The average Bonchev–Trinajstić information content (AvgIpc) is 3.17. The van der Waals surface area contributed by atoms with Crippen LogP contribution in [-0.2, 0) is 14.3 Å². The number of aromatic nitrogens is 2. The highest BCUT2D eigenvalue weighted by Gasteiger charge is 2.29. The fourth-order valence-corrected chi connectivity index (χ4v) is 2.18. The number of aliphatic hydroxyl groups excluding tert-OH is 3. The molecule has 0 amide bonds. The number of rotatable bonds is 6. The summed E-state index contributed by atoms with van der Waals surface area (Å²) in [6, 6.07) is 0.331. The van der Waals surface area contributed by atoms with Gasteiger partial charge in [-0.15, -0.1) is 0 Å². The number of nitrogens with zero attached hydrogens (tertiary/aromatic N) is 2. The van der Waals surface area contributed by atoms with Crippen LogP contribution in [0.1, 0.15) is 26.0 Å². The minimum atomic E-state index is -1.10. The second-order valence-corrected chi connectivity index (χ2v) is 5.30. The molecule has 0 radical (unpaired) electrons. The number of aliphatic hydroxyl groups is 3. The molecule has 1 aromatic heterocycles. The lowest BCUT2D eigenvalue weighted by Crippen LogP contribution is -2.42. The van der Waals surface area contributed by atoms with Gasteiger partial charge in [-0.25, -0.2) is 4.79 Å². The molecule has 12 nitrogen and oxygen atoms in total. The number of hydrogen-bond acceptors (Lipinski definition) is 11. The van der Waals surface area contributed by atoms with Crippen molar-refractivity contribution < 1.29 is 34.8 Å². The van der Waals surface area contributed by atoms with Gasteiger partial charge in [-0.05, 0) is 25.8 Å². The Kier molecular flexibility index (Phi) is 12.1. The van der Waals surface area contributed by atoms with E-state index in [-0.39, 0.29) is 18.5 Å². The van der Waals surface area contributed by atoms with E-state index in [0.29, 0.717) is 12.8 Å². The van der Waals surface area contributed by atoms with Crippen LogP contribution in [0.15, 0.2) is 17.1 Å². The highest BCUT2D eigenvalue weighted by molar-refractivity contribution is 5.76. The number of carbonyl (C=O) groups excluding carboxylic acids is 1. The molecule has 1 aromatic rings. The Bertz CT molecular complexity index is 610. The molecule has 1 aliphatic heterocycles. The van der Waals surface area contributed by atoms with E-state index in [1.165, 1.54) is 23.8 Å². The van der Waals surface area contributed by atoms with E-state index < -0.39 is 30.0 Å². The van der Waals surface area contributed by atoms with Gasteiger partial charge in [0.1, 0.15) is 18.9 Å². The maximum Gasteiger partial charge on any atom is 0.351 e. The molecule has 2 heterocycles. The smallest absolute Gasteiger partial charge is 0.351 e. The molecule has 1 aliphatic rings. The van der Waals surface area contributed by atoms with E-state index in [0.717, 1.165) is 14.2 Å². The summed E-state index contributed by atoms with van der Waals surface area (Å²) in [5.41, 5.74) is 6.69. The van der Waals surface area contributed by atoms with E-state index in [2.05, 4.69) is 4.98 Å². The van der Waals surface area contributed by atoms with Crippen molar-refractivity contribution >= 4 is 11.8 Å². The molecule has 4 unspecified atom stereocenters. The van der Waals surface area contributed by atoms with E-state index in [1.54, 1.807) is 5.48 Å². The lowest BCUT2D eigenvalue weighted by Gasteiger charge is -2.18. The van der Waals surface area contributed by atoms with Gasteiger partial charge in [0.15, 0.2) is 5.82 Å². The number of anilines is 1. The normalized spacial score (nSPS) is 20.3. The number of nitrogens with one attached hydrogen (secondary N) is 1. The Labute approximate surface area is 156 Å². The summed E-state index contributed by atoms with van der Waals surface area (Å²) in [4.78, 5) is 27.0. The fourth-order valence-electron chi connectivity index (χ4n) is 2.18. The Morgan fingerprint density at radius 1 is 1.44 bits per heavy atom. The highest BCUT2D eigenvalue weighted by atomic mass is 16.6. The third-order valence-electron chi connectivity index (χ3n) is 3.54. The van der Waals surface area contributed by atoms with Gasteiger partial charge in [-0.2, -0.15) is 4.98 Å². The van der Waals surface area contributed by atoms with E-state index in [9.17, 15) is 14.7 Å². The molecule has 27 heavy (non-hydrogen) atoms. The number of hydrogen-bond donors (Lipinski definition) is 6. The first-order valence-corrected chi connectivity index (χ1v) is 8.07. The molecule has 0 bridgehead atoms. The fraction of sp³-hybridized carbons (Fsp3) is 0.667. The van der Waals surface area contributed by atoms with Crippen LogP contribution in [0, 0.1) is 0 Å². The summed E-state index contributed by atoms with van der Waals surface area (Å²) in [5.74, 6) is -0.661. The third kappa shape index (κ3) is 7.58. The van der Waals surface area contributed by atoms with Gasteiger partial charge in [0, 0.05) is 20.4 Å². The molecule has 1 fully saturated rings.